The quantitative estimate of drug-likeness (QED) is 0.575. The average Bonchev–Trinajstić information content (AvgIpc) is 3.50. The molecule has 3 atom stereocenters. The molecule has 1 saturated carbocycles. The first kappa shape index (κ1) is 24.7. The second-order valence-corrected chi connectivity index (χ2v) is 9.82. The third-order valence-electron chi connectivity index (χ3n) is 5.91. The van der Waals surface area contributed by atoms with E-state index in [2.05, 4.69) is 26.1 Å². The van der Waals surface area contributed by atoms with E-state index >= 15 is 0 Å². The van der Waals surface area contributed by atoms with Crippen LogP contribution in [0.25, 0.3) is 0 Å². The van der Waals surface area contributed by atoms with Crippen LogP contribution in [-0.4, -0.2) is 33.6 Å². The first-order valence-electron chi connectivity index (χ1n) is 10.2. The molecule has 0 saturated heterocycles. The zero-order valence-electron chi connectivity index (χ0n) is 18.3. The van der Waals surface area contributed by atoms with Crippen LogP contribution in [0, 0.1) is 35.8 Å². The predicted molar refractivity (Wildman–Crippen MR) is 118 cm³/mol. The highest BCUT2D eigenvalue weighted by atomic mass is 32.2. The van der Waals surface area contributed by atoms with Gasteiger partial charge in [-0.05, 0) is 38.0 Å². The summed E-state index contributed by atoms with van der Waals surface area (Å²) < 4.78 is 70.2. The Balaban J connectivity index is 1.60. The van der Waals surface area contributed by atoms with Crippen molar-refractivity contribution in [3.63, 3.8) is 0 Å². The summed E-state index contributed by atoms with van der Waals surface area (Å²) in [7, 11) is 0. The molecule has 35 heavy (non-hydrogen) atoms. The van der Waals surface area contributed by atoms with Gasteiger partial charge in [0.15, 0.2) is 23.4 Å². The number of carbonyl (C=O) groups excluding carboxylic acids is 1. The molecular weight excluding hydrogens is 493 g/mol. The Labute approximate surface area is 200 Å². The highest BCUT2D eigenvalue weighted by Gasteiger charge is 2.67. The lowest BCUT2D eigenvalue weighted by Gasteiger charge is -2.32. The predicted octanol–water partition coefficient (Wildman–Crippen LogP) is 4.42. The molecular formula is C22H18F5N5O2S. The molecule has 0 radical (unpaired) electrons. The van der Waals surface area contributed by atoms with E-state index in [9.17, 15) is 32.0 Å². The molecule has 1 aromatic carbocycles. The number of nitrogens with two attached hydrogens (primary N) is 1. The molecule has 7 nitrogen and oxygen atoms in total. The lowest BCUT2D eigenvalue weighted by Crippen LogP contribution is -2.35. The smallest absolute Gasteiger partial charge is 0.422 e. The number of nitrogens with zero attached hydrogens (tertiary/aromatic N) is 3. The monoisotopic (exact) mass is 511 g/mol. The van der Waals surface area contributed by atoms with E-state index in [0.29, 0.717) is 6.42 Å². The molecule has 2 aromatic rings. The molecule has 3 N–H and O–H groups in total. The Morgan fingerprint density at radius 2 is 2.09 bits per heavy atom. The number of benzene rings is 1. The fraction of sp³-hybridized carbons (Fsp3) is 0.364. The topological polar surface area (TPSA) is 113 Å². The maximum Gasteiger partial charge on any atom is 0.422 e. The first-order valence-corrected chi connectivity index (χ1v) is 11.0. The van der Waals surface area contributed by atoms with Crippen molar-refractivity contribution < 1.29 is 31.5 Å². The molecule has 2 aliphatic rings. The normalized spacial score (nSPS) is 25.2. The van der Waals surface area contributed by atoms with Crippen LogP contribution in [-0.2, 0) is 5.54 Å². The van der Waals surface area contributed by atoms with Crippen LogP contribution in [0.1, 0.15) is 35.0 Å². The number of amidine groups is 1. The molecule has 2 heterocycles. The highest BCUT2D eigenvalue weighted by Crippen LogP contribution is 2.65. The van der Waals surface area contributed by atoms with E-state index in [-0.39, 0.29) is 33.4 Å². The SMILES string of the molecule is Cc1cc(OCC(F)(F)F)cnc1C(=O)Nc1cc(F)c(F)c([C@]2(C)N=C(N)S[C@@]3(C#N)C[C@@H]23)c1. The summed E-state index contributed by atoms with van der Waals surface area (Å²) in [5.74, 6) is -3.81. The number of halogens is 5. The van der Waals surface area contributed by atoms with Gasteiger partial charge < -0.3 is 15.8 Å². The van der Waals surface area contributed by atoms with Crippen molar-refractivity contribution in [2.24, 2.45) is 16.6 Å². The van der Waals surface area contributed by atoms with Gasteiger partial charge in [-0.1, -0.05) is 11.8 Å². The van der Waals surface area contributed by atoms with Crippen LogP contribution in [0.5, 0.6) is 5.75 Å². The van der Waals surface area contributed by atoms with Gasteiger partial charge in [0.25, 0.3) is 5.91 Å². The first-order chi connectivity index (χ1) is 16.3. The van der Waals surface area contributed by atoms with Crippen molar-refractivity contribution in [2.75, 3.05) is 11.9 Å². The van der Waals surface area contributed by atoms with E-state index in [1.165, 1.54) is 19.1 Å². The number of hydrogen-bond donors (Lipinski definition) is 2. The summed E-state index contributed by atoms with van der Waals surface area (Å²) in [6, 6.07) is 5.39. The van der Waals surface area contributed by atoms with Crippen molar-refractivity contribution in [1.29, 1.82) is 5.26 Å². The number of anilines is 1. The van der Waals surface area contributed by atoms with Gasteiger partial charge in [0.1, 0.15) is 16.2 Å². The van der Waals surface area contributed by atoms with Gasteiger partial charge in [0.2, 0.25) is 0 Å². The van der Waals surface area contributed by atoms with Gasteiger partial charge in [-0.2, -0.15) is 18.4 Å². The van der Waals surface area contributed by atoms with Gasteiger partial charge in [-0.25, -0.2) is 13.8 Å². The molecule has 1 aliphatic heterocycles. The summed E-state index contributed by atoms with van der Waals surface area (Å²) in [5.41, 5.74) is 4.34. The van der Waals surface area contributed by atoms with Gasteiger partial charge >= 0.3 is 6.18 Å². The fourth-order valence-electron chi connectivity index (χ4n) is 4.17. The van der Waals surface area contributed by atoms with Crippen molar-refractivity contribution >= 4 is 28.5 Å². The van der Waals surface area contributed by atoms with Crippen LogP contribution in [0.3, 0.4) is 0 Å². The number of aliphatic imine (C=N–C) groups is 1. The van der Waals surface area contributed by atoms with Crippen molar-refractivity contribution in [3.05, 3.63) is 52.9 Å². The van der Waals surface area contributed by atoms with Gasteiger partial charge in [-0.15, -0.1) is 0 Å². The minimum Gasteiger partial charge on any atom is -0.482 e. The fourth-order valence-corrected chi connectivity index (χ4v) is 5.45. The zero-order chi connectivity index (χ0) is 25.8. The van der Waals surface area contributed by atoms with E-state index < -0.39 is 46.5 Å². The molecule has 1 aliphatic carbocycles. The van der Waals surface area contributed by atoms with Crippen LogP contribution in [0.15, 0.2) is 29.4 Å². The molecule has 4 rings (SSSR count). The Morgan fingerprint density at radius 3 is 2.71 bits per heavy atom. The highest BCUT2D eigenvalue weighted by molar-refractivity contribution is 8.15. The zero-order valence-corrected chi connectivity index (χ0v) is 19.2. The van der Waals surface area contributed by atoms with E-state index in [0.717, 1.165) is 24.0 Å². The molecule has 13 heteroatoms. The number of aromatic nitrogens is 1. The molecule has 0 spiro atoms. The van der Waals surface area contributed by atoms with Gasteiger partial charge in [-0.3, -0.25) is 9.79 Å². The summed E-state index contributed by atoms with van der Waals surface area (Å²) in [6.07, 6.45) is -3.19. The number of pyridine rings is 1. The second-order valence-electron chi connectivity index (χ2n) is 8.47. The number of ether oxygens (including phenoxy) is 1. The Kier molecular flexibility index (Phi) is 5.91. The van der Waals surface area contributed by atoms with E-state index in [1.807, 2.05) is 0 Å². The lowest BCUT2D eigenvalue weighted by molar-refractivity contribution is -0.153. The number of rotatable bonds is 5. The molecule has 184 valence electrons. The van der Waals surface area contributed by atoms with E-state index in [4.69, 9.17) is 5.73 Å². The number of alkyl halides is 3. The third kappa shape index (κ3) is 4.62. The van der Waals surface area contributed by atoms with Crippen LogP contribution < -0.4 is 15.8 Å². The molecule has 0 unspecified atom stereocenters. The number of thioether (sulfide) groups is 1. The molecule has 1 fully saturated rings. The van der Waals surface area contributed by atoms with Gasteiger partial charge in [0.05, 0.1) is 17.8 Å². The maximum absolute atomic E-state index is 14.9. The summed E-state index contributed by atoms with van der Waals surface area (Å²) in [4.78, 5) is 20.9. The number of nitriles is 1. The Hall–Kier alpha value is -3.40. The number of aryl methyl sites for hydroxylation is 1. The average molecular weight is 511 g/mol. The standard InChI is InChI=1S/C22H18F5N5O2S/c1-10-3-12(34-9-22(25,26)27)7-30-17(10)18(33)31-11-4-13(16(24)14(23)5-11)20(2)15-6-21(15,8-28)35-19(29)32-20/h3-5,7,15H,6,9H2,1-2H3,(H2,29,32)(H,31,33)/t15-,20-,21+/m0/s1. The molecule has 1 aromatic heterocycles. The van der Waals surface area contributed by atoms with Crippen molar-refractivity contribution in [3.8, 4) is 11.8 Å². The molecule has 1 amide bonds. The Morgan fingerprint density at radius 1 is 1.37 bits per heavy atom. The van der Waals surface area contributed by atoms with Crippen molar-refractivity contribution in [2.45, 2.75) is 36.7 Å². The van der Waals surface area contributed by atoms with Crippen LogP contribution in [0.2, 0.25) is 0 Å². The van der Waals surface area contributed by atoms with Gasteiger partial charge in [0, 0.05) is 23.2 Å². The second kappa shape index (κ2) is 8.37. The Bertz CT molecular complexity index is 1290. The maximum atomic E-state index is 14.9. The summed E-state index contributed by atoms with van der Waals surface area (Å²) in [6.45, 7) is 1.47. The summed E-state index contributed by atoms with van der Waals surface area (Å²) in [5, 5.41) is 12.1. The minimum atomic E-state index is -4.54. The van der Waals surface area contributed by atoms with Crippen molar-refractivity contribution in [1.82, 2.24) is 4.98 Å². The lowest BCUT2D eigenvalue weighted by atomic mass is 9.85. The van der Waals surface area contributed by atoms with E-state index in [1.54, 1.807) is 6.92 Å². The summed E-state index contributed by atoms with van der Waals surface area (Å²) >= 11 is 1.09. The van der Waals surface area contributed by atoms with Crippen LogP contribution in [0.4, 0.5) is 27.6 Å². The van der Waals surface area contributed by atoms with Crippen LogP contribution >= 0.6 is 11.8 Å². The minimum absolute atomic E-state index is 0.0738. The number of amides is 1. The largest absolute Gasteiger partial charge is 0.482 e. The molecule has 0 bridgehead atoms. The number of nitrogens with one attached hydrogen (secondary N) is 1. The number of carbonyl (C=O) groups is 1. The third-order valence-corrected chi connectivity index (χ3v) is 7.12. The number of fused-ring (bicyclic) bond motifs is 1. The number of hydrogen-bond acceptors (Lipinski definition) is 7.